The predicted molar refractivity (Wildman–Crippen MR) is 137 cm³/mol. The van der Waals surface area contributed by atoms with Crippen molar-refractivity contribution in [2.75, 3.05) is 27.3 Å². The molecule has 1 aliphatic heterocycles. The number of esters is 1. The number of hydrogen-bond acceptors (Lipinski definition) is 5. The van der Waals surface area contributed by atoms with Gasteiger partial charge in [0.05, 0.1) is 19.8 Å². The zero-order chi connectivity index (χ0) is 24.2. The van der Waals surface area contributed by atoms with E-state index in [2.05, 4.69) is 51.0 Å². The third-order valence-corrected chi connectivity index (χ3v) is 6.57. The van der Waals surface area contributed by atoms with Gasteiger partial charge in [0, 0.05) is 44.0 Å². The van der Waals surface area contributed by atoms with Gasteiger partial charge in [0.25, 0.3) is 0 Å². The lowest BCUT2D eigenvalue weighted by molar-refractivity contribution is 0.0600. The molecule has 178 valence electrons. The molecule has 0 spiro atoms. The molecule has 0 unspecified atom stereocenters. The van der Waals surface area contributed by atoms with Crippen LogP contribution in [0, 0.1) is 0 Å². The Hall–Kier alpha value is -3.90. The molecule has 6 heteroatoms. The van der Waals surface area contributed by atoms with Gasteiger partial charge in [-0.1, -0.05) is 30.3 Å². The van der Waals surface area contributed by atoms with Crippen molar-refractivity contribution in [3.63, 3.8) is 0 Å². The van der Waals surface area contributed by atoms with Crippen LogP contribution in [-0.2, 0) is 17.8 Å². The number of hydrogen-bond donors (Lipinski definition) is 0. The number of benzene rings is 2. The molecule has 2 aromatic carbocycles. The SMILES string of the molecule is COC(=O)c1ccc(Cn2ccc3c(C4=CCN(Cc5cccc(OC)c5)CC4)ccnc32)cc1. The van der Waals surface area contributed by atoms with Crippen molar-refractivity contribution >= 4 is 22.6 Å². The van der Waals surface area contributed by atoms with Crippen LogP contribution in [0.5, 0.6) is 5.75 Å². The second-order valence-electron chi connectivity index (χ2n) is 8.79. The number of fused-ring (bicyclic) bond motifs is 1. The van der Waals surface area contributed by atoms with Crippen LogP contribution in [0.3, 0.4) is 0 Å². The number of carbonyl (C=O) groups is 1. The van der Waals surface area contributed by atoms with Gasteiger partial charge in [0.15, 0.2) is 0 Å². The highest BCUT2D eigenvalue weighted by Gasteiger charge is 2.17. The van der Waals surface area contributed by atoms with E-state index >= 15 is 0 Å². The molecule has 1 aliphatic rings. The molecular weight excluding hydrogens is 438 g/mol. The first-order chi connectivity index (χ1) is 17.1. The smallest absolute Gasteiger partial charge is 0.337 e. The summed E-state index contributed by atoms with van der Waals surface area (Å²) in [6.45, 7) is 3.54. The Labute approximate surface area is 205 Å². The maximum absolute atomic E-state index is 11.7. The Kier molecular flexibility index (Phi) is 6.64. The van der Waals surface area contributed by atoms with Crippen LogP contribution >= 0.6 is 0 Å². The van der Waals surface area contributed by atoms with Crippen LogP contribution in [0.2, 0.25) is 0 Å². The monoisotopic (exact) mass is 467 g/mol. The van der Waals surface area contributed by atoms with Crippen molar-refractivity contribution in [1.29, 1.82) is 0 Å². The van der Waals surface area contributed by atoms with Crippen molar-refractivity contribution in [3.8, 4) is 5.75 Å². The van der Waals surface area contributed by atoms with Gasteiger partial charge in [0.2, 0.25) is 0 Å². The second kappa shape index (κ2) is 10.2. The highest BCUT2D eigenvalue weighted by atomic mass is 16.5. The minimum Gasteiger partial charge on any atom is -0.497 e. The molecule has 35 heavy (non-hydrogen) atoms. The van der Waals surface area contributed by atoms with E-state index in [1.165, 1.54) is 29.2 Å². The summed E-state index contributed by atoms with van der Waals surface area (Å²) < 4.78 is 12.3. The van der Waals surface area contributed by atoms with E-state index < -0.39 is 0 Å². The van der Waals surface area contributed by atoms with E-state index in [0.29, 0.717) is 12.1 Å². The van der Waals surface area contributed by atoms with E-state index in [-0.39, 0.29) is 5.97 Å². The van der Waals surface area contributed by atoms with Crippen LogP contribution in [0.1, 0.15) is 33.5 Å². The van der Waals surface area contributed by atoms with E-state index in [0.717, 1.165) is 43.0 Å². The molecule has 2 aromatic heterocycles. The predicted octanol–water partition coefficient (Wildman–Crippen LogP) is 5.17. The Morgan fingerprint density at radius 3 is 2.60 bits per heavy atom. The summed E-state index contributed by atoms with van der Waals surface area (Å²) in [7, 11) is 3.10. The number of pyridine rings is 1. The topological polar surface area (TPSA) is 56.6 Å². The molecule has 0 saturated carbocycles. The first kappa shape index (κ1) is 22.9. The molecule has 0 saturated heterocycles. The van der Waals surface area contributed by atoms with E-state index in [4.69, 9.17) is 9.47 Å². The van der Waals surface area contributed by atoms with Crippen molar-refractivity contribution in [2.45, 2.75) is 19.5 Å². The summed E-state index contributed by atoms with van der Waals surface area (Å²) in [5.41, 5.74) is 6.53. The maximum Gasteiger partial charge on any atom is 0.337 e. The maximum atomic E-state index is 11.7. The van der Waals surface area contributed by atoms with Gasteiger partial charge in [-0.05, 0) is 65.1 Å². The molecule has 0 N–H and O–H groups in total. The summed E-state index contributed by atoms with van der Waals surface area (Å²) >= 11 is 0. The molecule has 0 atom stereocenters. The molecule has 0 radical (unpaired) electrons. The van der Waals surface area contributed by atoms with Gasteiger partial charge in [-0.2, -0.15) is 0 Å². The van der Waals surface area contributed by atoms with Crippen LogP contribution in [0.15, 0.2) is 79.1 Å². The Morgan fingerprint density at radius 1 is 1.00 bits per heavy atom. The zero-order valence-electron chi connectivity index (χ0n) is 20.1. The Balaban J connectivity index is 1.31. The molecule has 3 heterocycles. The summed E-state index contributed by atoms with van der Waals surface area (Å²) in [6.07, 6.45) is 7.34. The Morgan fingerprint density at radius 2 is 1.86 bits per heavy atom. The largest absolute Gasteiger partial charge is 0.497 e. The fraction of sp³-hybridized carbons (Fsp3) is 0.241. The van der Waals surface area contributed by atoms with Gasteiger partial charge in [0.1, 0.15) is 11.4 Å². The third-order valence-electron chi connectivity index (χ3n) is 6.57. The van der Waals surface area contributed by atoms with Crippen molar-refractivity contribution in [1.82, 2.24) is 14.5 Å². The van der Waals surface area contributed by atoms with E-state index in [9.17, 15) is 4.79 Å². The van der Waals surface area contributed by atoms with Gasteiger partial charge < -0.3 is 14.0 Å². The number of ether oxygens (including phenoxy) is 2. The standard InChI is InChI=1S/C29H29N3O3/c1-34-25-5-3-4-22(18-25)19-31-15-11-23(12-16-31)26-10-14-30-28-27(26)13-17-32(28)20-21-6-8-24(9-7-21)29(33)35-2/h3-11,13-14,17-18H,12,15-16,19-20H2,1-2H3. The van der Waals surface area contributed by atoms with E-state index in [1.54, 1.807) is 19.2 Å². The van der Waals surface area contributed by atoms with Crippen LogP contribution in [-0.4, -0.2) is 47.7 Å². The fourth-order valence-electron chi connectivity index (χ4n) is 4.69. The second-order valence-corrected chi connectivity index (χ2v) is 8.79. The van der Waals surface area contributed by atoms with Crippen LogP contribution in [0.25, 0.3) is 16.6 Å². The number of methoxy groups -OCH3 is 2. The third kappa shape index (κ3) is 4.98. The van der Waals surface area contributed by atoms with Crippen molar-refractivity contribution in [3.05, 3.63) is 101 Å². The highest BCUT2D eigenvalue weighted by molar-refractivity contribution is 5.91. The average Bonchev–Trinajstić information content (AvgIpc) is 3.32. The molecule has 0 amide bonds. The quantitative estimate of drug-likeness (QED) is 0.351. The minimum atomic E-state index is -0.322. The highest BCUT2D eigenvalue weighted by Crippen LogP contribution is 2.30. The van der Waals surface area contributed by atoms with Gasteiger partial charge in [-0.3, -0.25) is 4.90 Å². The van der Waals surface area contributed by atoms with Gasteiger partial charge in [-0.15, -0.1) is 0 Å². The lowest BCUT2D eigenvalue weighted by Crippen LogP contribution is -2.28. The first-order valence-corrected chi connectivity index (χ1v) is 11.8. The first-order valence-electron chi connectivity index (χ1n) is 11.8. The number of aromatic nitrogens is 2. The molecule has 0 bridgehead atoms. The summed E-state index contributed by atoms with van der Waals surface area (Å²) in [4.78, 5) is 18.8. The summed E-state index contributed by atoms with van der Waals surface area (Å²) in [5, 5.41) is 1.17. The molecule has 0 aliphatic carbocycles. The number of carbonyl (C=O) groups excluding carboxylic acids is 1. The summed E-state index contributed by atoms with van der Waals surface area (Å²) in [6, 6.07) is 20.1. The van der Waals surface area contributed by atoms with Crippen molar-refractivity contribution in [2.24, 2.45) is 0 Å². The normalized spacial score (nSPS) is 14.1. The van der Waals surface area contributed by atoms with Crippen LogP contribution in [0.4, 0.5) is 0 Å². The Bertz CT molecular complexity index is 1370. The van der Waals surface area contributed by atoms with E-state index in [1.807, 2.05) is 30.5 Å². The molecule has 4 aromatic rings. The zero-order valence-corrected chi connectivity index (χ0v) is 20.1. The van der Waals surface area contributed by atoms with Crippen molar-refractivity contribution < 1.29 is 14.3 Å². The minimum absolute atomic E-state index is 0.322. The van der Waals surface area contributed by atoms with Crippen LogP contribution < -0.4 is 4.74 Å². The lowest BCUT2D eigenvalue weighted by atomic mass is 9.97. The average molecular weight is 468 g/mol. The molecular formula is C29H29N3O3. The van der Waals surface area contributed by atoms with Gasteiger partial charge >= 0.3 is 5.97 Å². The number of rotatable bonds is 7. The van der Waals surface area contributed by atoms with Gasteiger partial charge in [-0.25, -0.2) is 9.78 Å². The molecule has 6 nitrogen and oxygen atoms in total. The lowest BCUT2D eigenvalue weighted by Gasteiger charge is -2.27. The summed E-state index contributed by atoms with van der Waals surface area (Å²) in [5.74, 6) is 0.580. The number of nitrogens with zero attached hydrogens (tertiary/aromatic N) is 3. The fourth-order valence-corrected chi connectivity index (χ4v) is 4.69. The molecule has 0 fully saturated rings. The molecule has 5 rings (SSSR count).